The van der Waals surface area contributed by atoms with Gasteiger partial charge in [0, 0.05) is 17.8 Å². The van der Waals surface area contributed by atoms with E-state index < -0.39 is 30.0 Å². The summed E-state index contributed by atoms with van der Waals surface area (Å²) < 4.78 is 13.1. The molecule has 0 aliphatic heterocycles. The van der Waals surface area contributed by atoms with Gasteiger partial charge in [-0.3, -0.25) is 14.4 Å². The zero-order chi connectivity index (χ0) is 17.5. The van der Waals surface area contributed by atoms with Gasteiger partial charge in [-0.25, -0.2) is 4.39 Å². The van der Waals surface area contributed by atoms with Crippen molar-refractivity contribution in [3.05, 3.63) is 65.5 Å². The van der Waals surface area contributed by atoms with Gasteiger partial charge >= 0.3 is 5.97 Å². The molecule has 0 heterocycles. The average molecular weight is 330 g/mol. The molecule has 0 aliphatic rings. The number of anilines is 1. The number of hydrogen-bond donors (Lipinski definition) is 3. The van der Waals surface area contributed by atoms with Crippen molar-refractivity contribution in [3.63, 3.8) is 0 Å². The van der Waals surface area contributed by atoms with Gasteiger partial charge in [0.1, 0.15) is 12.2 Å². The van der Waals surface area contributed by atoms with Crippen LogP contribution in [-0.2, 0) is 16.1 Å². The second-order valence-corrected chi connectivity index (χ2v) is 5.01. The molecule has 2 rings (SSSR count). The van der Waals surface area contributed by atoms with Crippen molar-refractivity contribution in [2.75, 3.05) is 5.32 Å². The zero-order valence-corrected chi connectivity index (χ0v) is 12.6. The SMILES string of the molecule is O=C(O)CC(=O)NCc1cccc(NC(=O)c2cccc(F)c2)c1. The Hall–Kier alpha value is -3.22. The van der Waals surface area contributed by atoms with Crippen molar-refractivity contribution in [1.29, 1.82) is 0 Å². The number of benzene rings is 2. The van der Waals surface area contributed by atoms with Crippen LogP contribution in [0.15, 0.2) is 48.5 Å². The Morgan fingerprint density at radius 3 is 2.50 bits per heavy atom. The van der Waals surface area contributed by atoms with Crippen molar-refractivity contribution in [1.82, 2.24) is 5.32 Å². The Morgan fingerprint density at radius 1 is 1.04 bits per heavy atom. The molecule has 0 spiro atoms. The lowest BCUT2D eigenvalue weighted by Crippen LogP contribution is -2.25. The number of amides is 2. The standard InChI is InChI=1S/C17H15FN2O4/c18-13-5-2-4-12(8-13)17(24)20-14-6-1-3-11(7-14)10-19-15(21)9-16(22)23/h1-8H,9-10H2,(H,19,21)(H,20,24)(H,22,23). The highest BCUT2D eigenvalue weighted by molar-refractivity contribution is 6.04. The van der Waals surface area contributed by atoms with Gasteiger partial charge in [0.2, 0.25) is 5.91 Å². The lowest BCUT2D eigenvalue weighted by Gasteiger charge is -2.08. The molecule has 0 atom stereocenters. The molecule has 24 heavy (non-hydrogen) atoms. The Kier molecular flexibility index (Phi) is 5.62. The molecule has 7 heteroatoms. The monoisotopic (exact) mass is 330 g/mol. The highest BCUT2D eigenvalue weighted by Crippen LogP contribution is 2.13. The molecule has 0 fully saturated rings. The molecular formula is C17H15FN2O4. The van der Waals surface area contributed by atoms with Crippen molar-refractivity contribution >= 4 is 23.5 Å². The lowest BCUT2D eigenvalue weighted by atomic mass is 10.1. The maximum Gasteiger partial charge on any atom is 0.312 e. The molecule has 0 aliphatic carbocycles. The number of carboxylic acid groups (broad SMARTS) is 1. The number of nitrogens with one attached hydrogen (secondary N) is 2. The first-order valence-corrected chi connectivity index (χ1v) is 7.08. The normalized spacial score (nSPS) is 10.0. The minimum atomic E-state index is -1.20. The molecule has 0 unspecified atom stereocenters. The first-order valence-electron chi connectivity index (χ1n) is 7.08. The van der Waals surface area contributed by atoms with Crippen molar-refractivity contribution in [2.45, 2.75) is 13.0 Å². The van der Waals surface area contributed by atoms with Crippen LogP contribution >= 0.6 is 0 Å². The summed E-state index contributed by atoms with van der Waals surface area (Å²) in [6.07, 6.45) is -0.601. The van der Waals surface area contributed by atoms with Gasteiger partial charge in [0.25, 0.3) is 5.91 Å². The van der Waals surface area contributed by atoms with Crippen molar-refractivity contribution < 1.29 is 23.9 Å². The van der Waals surface area contributed by atoms with E-state index in [0.29, 0.717) is 11.3 Å². The van der Waals surface area contributed by atoms with E-state index in [1.54, 1.807) is 24.3 Å². The van der Waals surface area contributed by atoms with Gasteiger partial charge < -0.3 is 15.7 Å². The van der Waals surface area contributed by atoms with Crippen LogP contribution in [0.25, 0.3) is 0 Å². The largest absolute Gasteiger partial charge is 0.481 e. The molecule has 0 bridgehead atoms. The van der Waals surface area contributed by atoms with E-state index in [1.807, 2.05) is 0 Å². The maximum absolute atomic E-state index is 13.1. The molecular weight excluding hydrogens is 315 g/mol. The van der Waals surface area contributed by atoms with Gasteiger partial charge in [0.15, 0.2) is 0 Å². The van der Waals surface area contributed by atoms with Crippen molar-refractivity contribution in [2.24, 2.45) is 0 Å². The van der Waals surface area contributed by atoms with Crippen LogP contribution < -0.4 is 10.6 Å². The van der Waals surface area contributed by atoms with Crippen LogP contribution in [0, 0.1) is 5.82 Å². The number of aliphatic carboxylic acids is 1. The van der Waals surface area contributed by atoms with Crippen LogP contribution in [-0.4, -0.2) is 22.9 Å². The first kappa shape index (κ1) is 17.1. The van der Waals surface area contributed by atoms with Crippen molar-refractivity contribution in [3.8, 4) is 0 Å². The quantitative estimate of drug-likeness (QED) is 0.707. The maximum atomic E-state index is 13.1. The number of carbonyl (C=O) groups is 3. The second-order valence-electron chi connectivity index (χ2n) is 5.01. The fraction of sp³-hybridized carbons (Fsp3) is 0.118. The Morgan fingerprint density at radius 2 is 1.79 bits per heavy atom. The van der Waals surface area contributed by atoms with Crippen LogP contribution in [0.1, 0.15) is 22.3 Å². The molecule has 0 radical (unpaired) electrons. The van der Waals surface area contributed by atoms with Gasteiger partial charge in [-0.15, -0.1) is 0 Å². The van der Waals surface area contributed by atoms with E-state index in [1.165, 1.54) is 18.2 Å². The predicted octanol–water partition coefficient (Wildman–Crippen LogP) is 2.17. The van der Waals surface area contributed by atoms with Crippen LogP contribution in [0.2, 0.25) is 0 Å². The summed E-state index contributed by atoms with van der Waals surface area (Å²) >= 11 is 0. The third-order valence-corrected chi connectivity index (χ3v) is 3.07. The summed E-state index contributed by atoms with van der Waals surface area (Å²) in [7, 11) is 0. The van der Waals surface area contributed by atoms with Crippen LogP contribution in [0.3, 0.4) is 0 Å². The van der Waals surface area contributed by atoms with Gasteiger partial charge in [0.05, 0.1) is 0 Å². The smallest absolute Gasteiger partial charge is 0.312 e. The number of carbonyl (C=O) groups excluding carboxylic acids is 2. The van der Waals surface area contributed by atoms with E-state index in [2.05, 4.69) is 10.6 Å². The minimum absolute atomic E-state index is 0.135. The third-order valence-electron chi connectivity index (χ3n) is 3.07. The highest BCUT2D eigenvalue weighted by atomic mass is 19.1. The molecule has 2 aromatic rings. The Labute approximate surface area is 137 Å². The van der Waals surface area contributed by atoms with E-state index in [0.717, 1.165) is 6.07 Å². The number of hydrogen-bond acceptors (Lipinski definition) is 3. The van der Waals surface area contributed by atoms with E-state index in [4.69, 9.17) is 5.11 Å². The topological polar surface area (TPSA) is 95.5 Å². The molecule has 3 N–H and O–H groups in total. The third kappa shape index (κ3) is 5.20. The zero-order valence-electron chi connectivity index (χ0n) is 12.6. The molecule has 2 amide bonds. The Bertz CT molecular complexity index is 777. The fourth-order valence-electron chi connectivity index (χ4n) is 1.99. The summed E-state index contributed by atoms with van der Waals surface area (Å²) in [5.41, 5.74) is 1.36. The molecule has 2 aromatic carbocycles. The number of halogens is 1. The predicted molar refractivity (Wildman–Crippen MR) is 84.9 cm³/mol. The fourth-order valence-corrected chi connectivity index (χ4v) is 1.99. The lowest BCUT2D eigenvalue weighted by molar-refractivity contribution is -0.140. The Balaban J connectivity index is 1.98. The highest BCUT2D eigenvalue weighted by Gasteiger charge is 2.09. The van der Waals surface area contributed by atoms with Gasteiger partial charge in [-0.2, -0.15) is 0 Å². The minimum Gasteiger partial charge on any atom is -0.481 e. The molecule has 0 saturated heterocycles. The van der Waals surface area contributed by atoms with Crippen LogP contribution in [0.5, 0.6) is 0 Å². The summed E-state index contributed by atoms with van der Waals surface area (Å²) in [6, 6.07) is 12.0. The van der Waals surface area contributed by atoms with E-state index >= 15 is 0 Å². The number of rotatable bonds is 6. The molecule has 124 valence electrons. The summed E-state index contributed by atoms with van der Waals surface area (Å²) in [6.45, 7) is 0.135. The number of carboxylic acids is 1. The van der Waals surface area contributed by atoms with E-state index in [-0.39, 0.29) is 12.1 Å². The molecule has 0 saturated carbocycles. The summed E-state index contributed by atoms with van der Waals surface area (Å²) in [4.78, 5) is 33.8. The van der Waals surface area contributed by atoms with E-state index in [9.17, 15) is 18.8 Å². The van der Waals surface area contributed by atoms with Gasteiger partial charge in [-0.1, -0.05) is 18.2 Å². The molecule has 6 nitrogen and oxygen atoms in total. The van der Waals surface area contributed by atoms with Crippen LogP contribution in [0.4, 0.5) is 10.1 Å². The average Bonchev–Trinajstić information content (AvgIpc) is 2.53. The van der Waals surface area contributed by atoms with Gasteiger partial charge in [-0.05, 0) is 35.9 Å². The second kappa shape index (κ2) is 7.87. The summed E-state index contributed by atoms with van der Waals surface area (Å²) in [5.74, 6) is -2.76. The first-order chi connectivity index (χ1) is 11.4. The molecule has 0 aromatic heterocycles. The summed E-state index contributed by atoms with van der Waals surface area (Å²) in [5, 5.41) is 13.6.